The Morgan fingerprint density at radius 1 is 1.39 bits per heavy atom. The number of amides is 1. The number of halogens is 1. The summed E-state index contributed by atoms with van der Waals surface area (Å²) in [5.74, 6) is 0.307. The second-order valence-electron chi connectivity index (χ2n) is 3.84. The van der Waals surface area contributed by atoms with Gasteiger partial charge in [0.2, 0.25) is 5.91 Å². The molecule has 0 saturated heterocycles. The zero-order valence-corrected chi connectivity index (χ0v) is 12.0. The standard InChI is InChI=1S/C13H16ClNO2S/c1-3-6-15-13(17)8-18-12-5-4-10(9(2)16)7-11(12)14/h4-5,7H,3,6,8H2,1-2H3,(H,15,17). The number of rotatable bonds is 6. The highest BCUT2D eigenvalue weighted by Crippen LogP contribution is 2.28. The van der Waals surface area contributed by atoms with E-state index in [-0.39, 0.29) is 11.7 Å². The number of hydrogen-bond acceptors (Lipinski definition) is 3. The van der Waals surface area contributed by atoms with Gasteiger partial charge in [-0.05, 0) is 25.5 Å². The van der Waals surface area contributed by atoms with Crippen molar-refractivity contribution < 1.29 is 9.59 Å². The average Bonchev–Trinajstić information content (AvgIpc) is 2.34. The predicted octanol–water partition coefficient (Wildman–Crippen LogP) is 3.16. The first-order valence-corrected chi connectivity index (χ1v) is 7.11. The molecule has 0 radical (unpaired) electrons. The number of Topliss-reactive ketones (excluding diaryl/α,β-unsaturated/α-hetero) is 1. The first kappa shape index (κ1) is 15.1. The third-order valence-corrected chi connectivity index (χ3v) is 3.77. The highest BCUT2D eigenvalue weighted by Gasteiger charge is 2.07. The van der Waals surface area contributed by atoms with Crippen molar-refractivity contribution in [3.05, 3.63) is 28.8 Å². The number of carbonyl (C=O) groups excluding carboxylic acids is 2. The van der Waals surface area contributed by atoms with E-state index < -0.39 is 0 Å². The lowest BCUT2D eigenvalue weighted by Gasteiger charge is -2.06. The van der Waals surface area contributed by atoms with Gasteiger partial charge >= 0.3 is 0 Å². The molecule has 0 aliphatic carbocycles. The van der Waals surface area contributed by atoms with Gasteiger partial charge in [-0.3, -0.25) is 9.59 Å². The number of hydrogen-bond donors (Lipinski definition) is 1. The van der Waals surface area contributed by atoms with Gasteiger partial charge in [0.05, 0.1) is 10.8 Å². The maximum Gasteiger partial charge on any atom is 0.230 e. The van der Waals surface area contributed by atoms with Gasteiger partial charge in [0.25, 0.3) is 0 Å². The van der Waals surface area contributed by atoms with Crippen molar-refractivity contribution in [3.63, 3.8) is 0 Å². The summed E-state index contributed by atoms with van der Waals surface area (Å²) in [5.41, 5.74) is 0.583. The summed E-state index contributed by atoms with van der Waals surface area (Å²) >= 11 is 7.43. The second-order valence-corrected chi connectivity index (χ2v) is 5.26. The van der Waals surface area contributed by atoms with E-state index in [1.54, 1.807) is 18.2 Å². The van der Waals surface area contributed by atoms with Gasteiger partial charge in [-0.25, -0.2) is 0 Å². The maximum atomic E-state index is 11.4. The van der Waals surface area contributed by atoms with Crippen LogP contribution in [-0.2, 0) is 4.79 Å². The van der Waals surface area contributed by atoms with Crippen molar-refractivity contribution in [2.24, 2.45) is 0 Å². The van der Waals surface area contributed by atoms with Crippen LogP contribution >= 0.6 is 23.4 Å². The normalized spacial score (nSPS) is 10.2. The molecule has 0 spiro atoms. The minimum Gasteiger partial charge on any atom is -0.355 e. The number of thioether (sulfide) groups is 1. The Bertz CT molecular complexity index is 449. The summed E-state index contributed by atoms with van der Waals surface area (Å²) in [6.07, 6.45) is 0.921. The van der Waals surface area contributed by atoms with E-state index in [9.17, 15) is 9.59 Å². The van der Waals surface area contributed by atoms with E-state index in [1.807, 2.05) is 6.92 Å². The van der Waals surface area contributed by atoms with Crippen LogP contribution in [0.3, 0.4) is 0 Å². The van der Waals surface area contributed by atoms with Crippen LogP contribution in [0.4, 0.5) is 0 Å². The molecule has 1 aromatic carbocycles. The summed E-state index contributed by atoms with van der Waals surface area (Å²) in [6, 6.07) is 5.13. The average molecular weight is 286 g/mol. The zero-order valence-electron chi connectivity index (χ0n) is 10.5. The summed E-state index contributed by atoms with van der Waals surface area (Å²) in [7, 11) is 0. The molecule has 0 saturated carbocycles. The molecule has 0 fully saturated rings. The molecule has 0 bridgehead atoms. The third kappa shape index (κ3) is 4.70. The van der Waals surface area contributed by atoms with E-state index in [0.717, 1.165) is 11.3 Å². The lowest BCUT2D eigenvalue weighted by Crippen LogP contribution is -2.25. The Hall–Kier alpha value is -1.00. The number of carbonyl (C=O) groups is 2. The smallest absolute Gasteiger partial charge is 0.230 e. The summed E-state index contributed by atoms with van der Waals surface area (Å²) in [5, 5.41) is 3.30. The van der Waals surface area contributed by atoms with Crippen molar-refractivity contribution in [2.75, 3.05) is 12.3 Å². The number of nitrogens with one attached hydrogen (secondary N) is 1. The predicted molar refractivity (Wildman–Crippen MR) is 75.5 cm³/mol. The third-order valence-electron chi connectivity index (χ3n) is 2.27. The Kier molecular flexibility index (Phi) is 6.22. The van der Waals surface area contributed by atoms with E-state index in [1.165, 1.54) is 18.7 Å². The monoisotopic (exact) mass is 285 g/mol. The highest BCUT2D eigenvalue weighted by molar-refractivity contribution is 8.00. The van der Waals surface area contributed by atoms with Crippen LogP contribution in [0, 0.1) is 0 Å². The minimum atomic E-state index is -0.0193. The van der Waals surface area contributed by atoms with Gasteiger partial charge < -0.3 is 5.32 Å². The van der Waals surface area contributed by atoms with Crippen molar-refractivity contribution in [1.82, 2.24) is 5.32 Å². The minimum absolute atomic E-state index is 0.00596. The van der Waals surface area contributed by atoms with Crippen LogP contribution in [0.5, 0.6) is 0 Å². The molecule has 18 heavy (non-hydrogen) atoms. The highest BCUT2D eigenvalue weighted by atomic mass is 35.5. The maximum absolute atomic E-state index is 11.4. The van der Waals surface area contributed by atoms with Gasteiger partial charge in [0.15, 0.2) is 5.78 Å². The Labute approximate surface area is 116 Å². The van der Waals surface area contributed by atoms with Crippen molar-refractivity contribution in [1.29, 1.82) is 0 Å². The van der Waals surface area contributed by atoms with Crippen LogP contribution in [0.25, 0.3) is 0 Å². The zero-order chi connectivity index (χ0) is 13.5. The summed E-state index contributed by atoms with van der Waals surface area (Å²) in [4.78, 5) is 23.4. The van der Waals surface area contributed by atoms with Crippen LogP contribution in [0.15, 0.2) is 23.1 Å². The molecule has 0 aromatic heterocycles. The van der Waals surface area contributed by atoms with Crippen LogP contribution < -0.4 is 5.32 Å². The van der Waals surface area contributed by atoms with Gasteiger partial charge in [-0.2, -0.15) is 0 Å². The molecule has 0 unspecified atom stereocenters. The molecular formula is C13H16ClNO2S. The molecule has 3 nitrogen and oxygen atoms in total. The second kappa shape index (κ2) is 7.44. The Morgan fingerprint density at radius 3 is 2.67 bits per heavy atom. The largest absolute Gasteiger partial charge is 0.355 e. The summed E-state index contributed by atoms with van der Waals surface area (Å²) in [6.45, 7) is 4.19. The van der Waals surface area contributed by atoms with Crippen LogP contribution in [-0.4, -0.2) is 24.0 Å². The molecule has 0 heterocycles. The van der Waals surface area contributed by atoms with Gasteiger partial charge in [-0.1, -0.05) is 24.6 Å². The lowest BCUT2D eigenvalue weighted by atomic mass is 10.1. The Balaban J connectivity index is 2.58. The molecule has 1 amide bonds. The van der Waals surface area contributed by atoms with Gasteiger partial charge in [0.1, 0.15) is 0 Å². The molecule has 0 atom stereocenters. The molecule has 0 aliphatic heterocycles. The van der Waals surface area contributed by atoms with E-state index in [4.69, 9.17) is 11.6 Å². The lowest BCUT2D eigenvalue weighted by molar-refractivity contribution is -0.118. The molecule has 1 aromatic rings. The fraction of sp³-hybridized carbons (Fsp3) is 0.385. The SMILES string of the molecule is CCCNC(=O)CSc1ccc(C(C)=O)cc1Cl. The van der Waals surface area contributed by atoms with Crippen LogP contribution in [0.1, 0.15) is 30.6 Å². The van der Waals surface area contributed by atoms with Gasteiger partial charge in [-0.15, -0.1) is 11.8 Å². The van der Waals surface area contributed by atoms with E-state index >= 15 is 0 Å². The molecular weight excluding hydrogens is 270 g/mol. The number of benzene rings is 1. The van der Waals surface area contributed by atoms with Crippen LogP contribution in [0.2, 0.25) is 5.02 Å². The molecule has 1 N–H and O–H groups in total. The fourth-order valence-electron chi connectivity index (χ4n) is 1.30. The summed E-state index contributed by atoms with van der Waals surface area (Å²) < 4.78 is 0. The van der Waals surface area contributed by atoms with Crippen molar-refractivity contribution in [3.8, 4) is 0 Å². The van der Waals surface area contributed by atoms with Crippen molar-refractivity contribution >= 4 is 35.1 Å². The molecule has 5 heteroatoms. The molecule has 98 valence electrons. The fourth-order valence-corrected chi connectivity index (χ4v) is 2.39. The first-order valence-electron chi connectivity index (χ1n) is 5.74. The van der Waals surface area contributed by atoms with E-state index in [2.05, 4.69) is 5.32 Å². The number of ketones is 1. The van der Waals surface area contributed by atoms with Gasteiger partial charge in [0, 0.05) is 17.0 Å². The van der Waals surface area contributed by atoms with Crippen molar-refractivity contribution in [2.45, 2.75) is 25.2 Å². The van der Waals surface area contributed by atoms with E-state index in [0.29, 0.717) is 22.9 Å². The quantitative estimate of drug-likeness (QED) is 0.645. The molecule has 0 aliphatic rings. The Morgan fingerprint density at radius 2 is 2.11 bits per heavy atom. The first-order chi connectivity index (χ1) is 8.54. The molecule has 1 rings (SSSR count). The topological polar surface area (TPSA) is 46.2 Å².